The molecule has 1 aromatic carbocycles. The molecule has 2 heterocycles. The van der Waals surface area contributed by atoms with Crippen molar-refractivity contribution in [3.8, 4) is 17.1 Å². The highest BCUT2D eigenvalue weighted by molar-refractivity contribution is 5.81. The first-order chi connectivity index (χ1) is 15.4. The average molecular weight is 437 g/mol. The highest BCUT2D eigenvalue weighted by Crippen LogP contribution is 2.36. The lowest BCUT2D eigenvalue weighted by Crippen LogP contribution is -2.15. The summed E-state index contributed by atoms with van der Waals surface area (Å²) in [6, 6.07) is 5.83. The molecule has 8 nitrogen and oxygen atoms in total. The van der Waals surface area contributed by atoms with Crippen molar-refractivity contribution in [3.63, 3.8) is 0 Å². The molecule has 0 radical (unpaired) electrons. The van der Waals surface area contributed by atoms with E-state index in [1.165, 1.54) is 0 Å². The van der Waals surface area contributed by atoms with E-state index >= 15 is 0 Å². The van der Waals surface area contributed by atoms with Gasteiger partial charge >= 0.3 is 5.97 Å². The monoisotopic (exact) mass is 436 g/mol. The van der Waals surface area contributed by atoms with Crippen LogP contribution < -0.4 is 10.3 Å². The van der Waals surface area contributed by atoms with Crippen LogP contribution in [0.3, 0.4) is 0 Å². The summed E-state index contributed by atoms with van der Waals surface area (Å²) >= 11 is 0. The van der Waals surface area contributed by atoms with Gasteiger partial charge in [0, 0.05) is 7.05 Å². The third kappa shape index (κ3) is 4.04. The number of carboxylic acid groups (broad SMARTS) is 1. The van der Waals surface area contributed by atoms with Gasteiger partial charge in [-0.3, -0.25) is 14.3 Å². The summed E-state index contributed by atoms with van der Waals surface area (Å²) in [7, 11) is 1.75. The van der Waals surface area contributed by atoms with E-state index in [0.717, 1.165) is 29.7 Å². The molecule has 1 aliphatic rings. The van der Waals surface area contributed by atoms with E-state index in [4.69, 9.17) is 9.72 Å². The summed E-state index contributed by atoms with van der Waals surface area (Å²) < 4.78 is 7.42. The first-order valence-electron chi connectivity index (χ1n) is 11.1. The lowest BCUT2D eigenvalue weighted by Gasteiger charge is -2.20. The second-order valence-electron chi connectivity index (χ2n) is 8.11. The predicted molar refractivity (Wildman–Crippen MR) is 123 cm³/mol. The van der Waals surface area contributed by atoms with Crippen LogP contribution in [0.2, 0.25) is 0 Å². The number of H-pyrrole nitrogens is 1. The van der Waals surface area contributed by atoms with Gasteiger partial charge in [0.1, 0.15) is 17.1 Å². The average Bonchev–Trinajstić information content (AvgIpc) is 3.10. The van der Waals surface area contributed by atoms with E-state index in [9.17, 15) is 14.7 Å². The molecule has 2 aromatic heterocycles. The molecular weight excluding hydrogens is 408 g/mol. The van der Waals surface area contributed by atoms with Crippen molar-refractivity contribution < 1.29 is 14.6 Å². The number of fused-ring (bicyclic) bond motifs is 1. The molecule has 2 N–H and O–H groups in total. The molecule has 32 heavy (non-hydrogen) atoms. The third-order valence-electron chi connectivity index (χ3n) is 5.91. The van der Waals surface area contributed by atoms with Gasteiger partial charge in [0.15, 0.2) is 5.52 Å². The van der Waals surface area contributed by atoms with Crippen LogP contribution in [0.15, 0.2) is 29.1 Å². The van der Waals surface area contributed by atoms with Crippen LogP contribution in [0, 0.1) is 5.92 Å². The number of nitrogens with one attached hydrogen (secondary N) is 1. The molecule has 0 amide bonds. The Morgan fingerprint density at radius 3 is 2.81 bits per heavy atom. The second-order valence-corrected chi connectivity index (χ2v) is 8.11. The van der Waals surface area contributed by atoms with E-state index in [2.05, 4.69) is 17.0 Å². The van der Waals surface area contributed by atoms with Gasteiger partial charge in [-0.25, -0.2) is 4.98 Å². The maximum absolute atomic E-state index is 12.9. The Kier molecular flexibility index (Phi) is 6.12. The fourth-order valence-electron chi connectivity index (χ4n) is 4.30. The number of aliphatic carboxylic acids is 1. The normalized spacial score (nSPS) is 16.2. The van der Waals surface area contributed by atoms with Gasteiger partial charge in [0.2, 0.25) is 0 Å². The zero-order valence-corrected chi connectivity index (χ0v) is 18.6. The van der Waals surface area contributed by atoms with Crippen LogP contribution >= 0.6 is 0 Å². The molecule has 0 saturated carbocycles. The number of rotatable bonds is 7. The van der Waals surface area contributed by atoms with Crippen molar-refractivity contribution in [1.82, 2.24) is 19.7 Å². The van der Waals surface area contributed by atoms with Gasteiger partial charge in [-0.2, -0.15) is 5.10 Å². The first-order valence-corrected chi connectivity index (χ1v) is 11.1. The molecule has 1 aliphatic carbocycles. The fourth-order valence-corrected chi connectivity index (χ4v) is 4.30. The number of carbonyl (C=O) groups is 1. The number of nitrogens with zero attached hydrogens (tertiary/aromatic N) is 3. The standard InChI is InChI=1S/C24H28N4O4/c1-4-6-18-20-21(28(3)27-18)23(29)26-22(25-20)17-13-16(11-12-19(17)32-5-2)14-7-9-15(10-8-14)24(30)31/h7,11-13,15H,4-6,8-10H2,1-3H3,(H,30,31)(H,25,26,29). The maximum atomic E-state index is 12.9. The molecule has 0 aliphatic heterocycles. The van der Waals surface area contributed by atoms with Crippen LogP contribution in [0.25, 0.3) is 28.0 Å². The van der Waals surface area contributed by atoms with Crippen LogP contribution in [0.1, 0.15) is 50.8 Å². The van der Waals surface area contributed by atoms with Crippen LogP contribution in [0.5, 0.6) is 5.75 Å². The maximum Gasteiger partial charge on any atom is 0.306 e. The molecule has 0 saturated heterocycles. The Balaban J connectivity index is 1.82. The van der Waals surface area contributed by atoms with Gasteiger partial charge in [-0.05, 0) is 55.9 Å². The molecule has 0 bridgehead atoms. The molecule has 0 fully saturated rings. The first kappa shape index (κ1) is 21.8. The van der Waals surface area contributed by atoms with Crippen molar-refractivity contribution >= 4 is 22.6 Å². The van der Waals surface area contributed by atoms with Gasteiger partial charge in [-0.1, -0.05) is 25.5 Å². The lowest BCUT2D eigenvalue weighted by atomic mass is 9.86. The topological polar surface area (TPSA) is 110 Å². The Morgan fingerprint density at radius 2 is 2.16 bits per heavy atom. The summed E-state index contributed by atoms with van der Waals surface area (Å²) in [5.74, 6) is 0.00325. The molecule has 3 aromatic rings. The summed E-state index contributed by atoms with van der Waals surface area (Å²) in [4.78, 5) is 31.9. The number of aryl methyl sites for hydroxylation is 2. The molecule has 0 spiro atoms. The van der Waals surface area contributed by atoms with Gasteiger partial charge in [0.25, 0.3) is 5.56 Å². The number of hydrogen-bond acceptors (Lipinski definition) is 5. The van der Waals surface area contributed by atoms with Gasteiger partial charge < -0.3 is 14.8 Å². The minimum absolute atomic E-state index is 0.239. The third-order valence-corrected chi connectivity index (χ3v) is 5.91. The van der Waals surface area contributed by atoms with E-state index < -0.39 is 5.97 Å². The number of carboxylic acids is 1. The second kappa shape index (κ2) is 8.98. The largest absolute Gasteiger partial charge is 0.493 e. The smallest absolute Gasteiger partial charge is 0.306 e. The number of benzene rings is 1. The van der Waals surface area contributed by atoms with Crippen LogP contribution in [0.4, 0.5) is 0 Å². The van der Waals surface area contributed by atoms with Crippen molar-refractivity contribution in [3.05, 3.63) is 45.9 Å². The van der Waals surface area contributed by atoms with E-state index in [0.29, 0.717) is 54.0 Å². The number of ether oxygens (including phenoxy) is 1. The summed E-state index contributed by atoms with van der Waals surface area (Å²) in [6.45, 7) is 4.46. The Bertz CT molecular complexity index is 1250. The minimum Gasteiger partial charge on any atom is -0.493 e. The SMILES string of the molecule is CCCc1nn(C)c2c(=O)[nH]c(-c3cc(C4=CCC(C(=O)O)CC4)ccc3OCC)nc12. The van der Waals surface area contributed by atoms with Crippen molar-refractivity contribution in [2.24, 2.45) is 13.0 Å². The van der Waals surface area contributed by atoms with Gasteiger partial charge in [-0.15, -0.1) is 0 Å². The Labute approximate surface area is 185 Å². The zero-order chi connectivity index (χ0) is 22.8. The minimum atomic E-state index is -0.748. The van der Waals surface area contributed by atoms with Gasteiger partial charge in [0.05, 0.1) is 23.8 Å². The summed E-state index contributed by atoms with van der Waals surface area (Å²) in [5, 5.41) is 13.8. The molecule has 4 rings (SSSR count). The molecule has 168 valence electrons. The quantitative estimate of drug-likeness (QED) is 0.580. The highest BCUT2D eigenvalue weighted by Gasteiger charge is 2.23. The van der Waals surface area contributed by atoms with E-state index in [1.54, 1.807) is 11.7 Å². The fraction of sp³-hybridized carbons (Fsp3) is 0.417. The molecule has 1 unspecified atom stereocenters. The van der Waals surface area contributed by atoms with Crippen LogP contribution in [-0.4, -0.2) is 37.4 Å². The lowest BCUT2D eigenvalue weighted by molar-refractivity contribution is -0.141. The van der Waals surface area contributed by atoms with Crippen molar-refractivity contribution in [2.75, 3.05) is 6.61 Å². The summed E-state index contributed by atoms with van der Waals surface area (Å²) in [6.07, 6.45) is 5.47. The Hall–Kier alpha value is -3.42. The Morgan fingerprint density at radius 1 is 1.34 bits per heavy atom. The van der Waals surface area contributed by atoms with Crippen molar-refractivity contribution in [1.29, 1.82) is 0 Å². The van der Waals surface area contributed by atoms with Crippen molar-refractivity contribution in [2.45, 2.75) is 46.0 Å². The number of aromatic amines is 1. The molecule has 8 heteroatoms. The number of aromatic nitrogens is 4. The zero-order valence-electron chi connectivity index (χ0n) is 18.6. The predicted octanol–water partition coefficient (Wildman–Crippen LogP) is 3.94. The number of allylic oxidation sites excluding steroid dienone is 2. The number of hydrogen-bond donors (Lipinski definition) is 2. The molecule has 1 atom stereocenters. The van der Waals surface area contributed by atoms with E-state index in [1.807, 2.05) is 31.2 Å². The highest BCUT2D eigenvalue weighted by atomic mass is 16.5. The summed E-state index contributed by atoms with van der Waals surface area (Å²) in [5.41, 5.74) is 4.43. The molecular formula is C24H28N4O4. The van der Waals surface area contributed by atoms with Crippen LogP contribution in [-0.2, 0) is 18.3 Å². The van der Waals surface area contributed by atoms with E-state index in [-0.39, 0.29) is 11.5 Å².